The molecule has 5 nitrogen and oxygen atoms in total. The normalized spacial score (nSPS) is 10.8. The quantitative estimate of drug-likeness (QED) is 0.659. The van der Waals surface area contributed by atoms with Crippen LogP contribution in [0.5, 0.6) is 5.75 Å². The molecule has 0 bridgehead atoms. The van der Waals surface area contributed by atoms with Crippen molar-refractivity contribution in [2.45, 2.75) is 26.7 Å². The van der Waals surface area contributed by atoms with E-state index in [4.69, 9.17) is 4.84 Å². The van der Waals surface area contributed by atoms with Crippen molar-refractivity contribution in [2.75, 3.05) is 6.54 Å². The van der Waals surface area contributed by atoms with Crippen molar-refractivity contribution in [1.29, 1.82) is 0 Å². The molecule has 1 heterocycles. The molecule has 0 radical (unpaired) electrons. The first-order chi connectivity index (χ1) is 11.7. The average molecular weight is 323 g/mol. The first kappa shape index (κ1) is 16.1. The van der Waals surface area contributed by atoms with Gasteiger partial charge in [-0.15, -0.1) is 0 Å². The molecule has 0 saturated heterocycles. The van der Waals surface area contributed by atoms with E-state index in [1.165, 1.54) is 9.63 Å². The maximum atomic E-state index is 12.8. The summed E-state index contributed by atoms with van der Waals surface area (Å²) in [6.07, 6.45) is 4.80. The fraction of sp³-hybridized carbons (Fsp3) is 0.263. The lowest BCUT2D eigenvalue weighted by Crippen LogP contribution is -2.38. The van der Waals surface area contributed by atoms with E-state index in [0.717, 1.165) is 23.0 Å². The number of carbonyl (C=O) groups excluding carboxylic acids is 1. The smallest absolute Gasteiger partial charge is 0.362 e. The monoisotopic (exact) mass is 323 g/mol. The maximum Gasteiger partial charge on any atom is 0.362 e. The van der Waals surface area contributed by atoms with Gasteiger partial charge in [0, 0.05) is 18.8 Å². The van der Waals surface area contributed by atoms with Crippen molar-refractivity contribution in [2.24, 2.45) is 0 Å². The molecule has 0 aliphatic heterocycles. The molecule has 0 spiro atoms. The SMILES string of the molecule is CCCN(Oc1ccc2ccccc2c1)C(=O)n1ccnc1CC. The molecular weight excluding hydrogens is 302 g/mol. The Morgan fingerprint density at radius 1 is 1.17 bits per heavy atom. The van der Waals surface area contributed by atoms with Crippen molar-refractivity contribution in [3.05, 3.63) is 60.7 Å². The summed E-state index contributed by atoms with van der Waals surface area (Å²) in [5.41, 5.74) is 0. The summed E-state index contributed by atoms with van der Waals surface area (Å²) in [6, 6.07) is 13.7. The van der Waals surface area contributed by atoms with Crippen LogP contribution >= 0.6 is 0 Å². The highest BCUT2D eigenvalue weighted by molar-refractivity contribution is 5.84. The summed E-state index contributed by atoms with van der Waals surface area (Å²) in [6.45, 7) is 4.49. The Bertz CT molecular complexity index is 841. The Labute approximate surface area is 141 Å². The molecule has 3 rings (SSSR count). The number of hydrogen-bond donors (Lipinski definition) is 0. The number of hydrogen-bond acceptors (Lipinski definition) is 3. The van der Waals surface area contributed by atoms with Crippen LogP contribution in [0.25, 0.3) is 10.8 Å². The molecule has 0 aliphatic rings. The number of rotatable bonds is 5. The molecular formula is C19H21N3O2. The molecule has 0 N–H and O–H groups in total. The molecule has 3 aromatic rings. The lowest BCUT2D eigenvalue weighted by atomic mass is 10.1. The van der Waals surface area contributed by atoms with E-state index in [0.29, 0.717) is 18.7 Å². The number of hydroxylamine groups is 2. The predicted octanol–water partition coefficient (Wildman–Crippen LogP) is 4.27. The minimum absolute atomic E-state index is 0.223. The number of amides is 1. The van der Waals surface area contributed by atoms with Gasteiger partial charge in [-0.2, -0.15) is 5.06 Å². The van der Waals surface area contributed by atoms with Gasteiger partial charge in [0.25, 0.3) is 0 Å². The molecule has 0 unspecified atom stereocenters. The average Bonchev–Trinajstić information content (AvgIpc) is 3.09. The van der Waals surface area contributed by atoms with E-state index >= 15 is 0 Å². The van der Waals surface area contributed by atoms with Crippen molar-refractivity contribution in [3.63, 3.8) is 0 Å². The van der Waals surface area contributed by atoms with Gasteiger partial charge in [-0.25, -0.2) is 9.78 Å². The molecule has 5 heteroatoms. The molecule has 0 atom stereocenters. The van der Waals surface area contributed by atoms with Crippen LogP contribution in [0.15, 0.2) is 54.9 Å². The van der Waals surface area contributed by atoms with E-state index in [-0.39, 0.29) is 6.03 Å². The Kier molecular flexibility index (Phi) is 4.79. The fourth-order valence-electron chi connectivity index (χ4n) is 2.63. The molecule has 1 amide bonds. The van der Waals surface area contributed by atoms with Crippen LogP contribution < -0.4 is 4.84 Å². The zero-order chi connectivity index (χ0) is 16.9. The Hall–Kier alpha value is -2.82. The van der Waals surface area contributed by atoms with E-state index in [9.17, 15) is 4.79 Å². The van der Waals surface area contributed by atoms with Gasteiger partial charge in [-0.3, -0.25) is 4.57 Å². The summed E-state index contributed by atoms with van der Waals surface area (Å²) < 4.78 is 1.54. The van der Waals surface area contributed by atoms with Gasteiger partial charge in [-0.1, -0.05) is 44.2 Å². The number of nitrogens with zero attached hydrogens (tertiary/aromatic N) is 3. The van der Waals surface area contributed by atoms with Crippen LogP contribution in [0.1, 0.15) is 26.1 Å². The summed E-state index contributed by atoms with van der Waals surface area (Å²) in [4.78, 5) is 22.9. The van der Waals surface area contributed by atoms with Crippen molar-refractivity contribution in [3.8, 4) is 5.75 Å². The Morgan fingerprint density at radius 3 is 2.71 bits per heavy atom. The highest BCUT2D eigenvalue weighted by Crippen LogP contribution is 2.21. The summed E-state index contributed by atoms with van der Waals surface area (Å²) in [5.74, 6) is 1.37. The molecule has 1 aromatic heterocycles. The lowest BCUT2D eigenvalue weighted by Gasteiger charge is -2.22. The van der Waals surface area contributed by atoms with Crippen LogP contribution in [0.4, 0.5) is 4.79 Å². The van der Waals surface area contributed by atoms with Crippen LogP contribution in [0.3, 0.4) is 0 Å². The Balaban J connectivity index is 1.86. The van der Waals surface area contributed by atoms with Crippen LogP contribution in [-0.2, 0) is 6.42 Å². The number of imidazole rings is 1. The fourth-order valence-corrected chi connectivity index (χ4v) is 2.63. The van der Waals surface area contributed by atoms with E-state index in [1.54, 1.807) is 12.4 Å². The Morgan fingerprint density at radius 2 is 1.96 bits per heavy atom. The third-order valence-electron chi connectivity index (χ3n) is 3.82. The van der Waals surface area contributed by atoms with Crippen molar-refractivity contribution in [1.82, 2.24) is 14.6 Å². The highest BCUT2D eigenvalue weighted by Gasteiger charge is 2.19. The van der Waals surface area contributed by atoms with Crippen LogP contribution in [0.2, 0.25) is 0 Å². The largest absolute Gasteiger partial charge is 0.375 e. The molecule has 2 aromatic carbocycles. The zero-order valence-electron chi connectivity index (χ0n) is 14.0. The summed E-state index contributed by atoms with van der Waals surface area (Å²) in [5, 5.41) is 3.61. The molecule has 0 saturated carbocycles. The zero-order valence-corrected chi connectivity index (χ0v) is 14.0. The van der Waals surface area contributed by atoms with Gasteiger partial charge in [0.15, 0.2) is 5.75 Å². The van der Waals surface area contributed by atoms with E-state index in [2.05, 4.69) is 4.98 Å². The summed E-state index contributed by atoms with van der Waals surface area (Å²) in [7, 11) is 0. The van der Waals surface area contributed by atoms with Gasteiger partial charge in [0.2, 0.25) is 0 Å². The second-order valence-electron chi connectivity index (χ2n) is 5.55. The third-order valence-corrected chi connectivity index (χ3v) is 3.82. The number of aryl methyl sites for hydroxylation is 1. The number of benzene rings is 2. The first-order valence-corrected chi connectivity index (χ1v) is 8.23. The van der Waals surface area contributed by atoms with Crippen LogP contribution in [-0.4, -0.2) is 27.2 Å². The van der Waals surface area contributed by atoms with Gasteiger partial charge in [0.1, 0.15) is 5.82 Å². The van der Waals surface area contributed by atoms with Gasteiger partial charge < -0.3 is 4.84 Å². The minimum atomic E-state index is -0.223. The minimum Gasteiger partial charge on any atom is -0.375 e. The number of carbonyl (C=O) groups is 1. The third kappa shape index (κ3) is 3.25. The maximum absolute atomic E-state index is 12.8. The number of aromatic nitrogens is 2. The van der Waals surface area contributed by atoms with E-state index < -0.39 is 0 Å². The lowest BCUT2D eigenvalue weighted by molar-refractivity contribution is -0.0125. The summed E-state index contributed by atoms with van der Waals surface area (Å²) >= 11 is 0. The first-order valence-electron chi connectivity index (χ1n) is 8.23. The second kappa shape index (κ2) is 7.17. The number of fused-ring (bicyclic) bond motifs is 1. The molecule has 0 fully saturated rings. The molecule has 0 aliphatic carbocycles. The van der Waals surface area contributed by atoms with Gasteiger partial charge in [0.05, 0.1) is 6.54 Å². The van der Waals surface area contributed by atoms with Crippen molar-refractivity contribution >= 4 is 16.8 Å². The van der Waals surface area contributed by atoms with E-state index in [1.807, 2.05) is 56.3 Å². The standard InChI is InChI=1S/C19H21N3O2/c1-3-12-22(19(23)21-13-11-20-18(21)4-2)24-17-10-9-15-7-5-6-8-16(15)14-17/h5-11,13-14H,3-4,12H2,1-2H3. The van der Waals surface area contributed by atoms with Gasteiger partial charge >= 0.3 is 6.03 Å². The topological polar surface area (TPSA) is 47.4 Å². The molecule has 24 heavy (non-hydrogen) atoms. The second-order valence-corrected chi connectivity index (χ2v) is 5.55. The highest BCUT2D eigenvalue weighted by atomic mass is 16.7. The predicted molar refractivity (Wildman–Crippen MR) is 94.0 cm³/mol. The van der Waals surface area contributed by atoms with Crippen LogP contribution in [0, 0.1) is 0 Å². The molecule has 124 valence electrons. The van der Waals surface area contributed by atoms with Gasteiger partial charge in [-0.05, 0) is 29.3 Å². The van der Waals surface area contributed by atoms with Crippen molar-refractivity contribution < 1.29 is 9.63 Å².